The summed E-state index contributed by atoms with van der Waals surface area (Å²) in [6.07, 6.45) is -3.91. The summed E-state index contributed by atoms with van der Waals surface area (Å²) in [6, 6.07) is 2.43. The van der Waals surface area contributed by atoms with E-state index in [1.807, 2.05) is 0 Å². The Morgan fingerprint density at radius 1 is 1.13 bits per heavy atom. The third kappa shape index (κ3) is 5.36. The van der Waals surface area contributed by atoms with Crippen LogP contribution in [0.2, 0.25) is 10.0 Å². The minimum atomic E-state index is -4.92. The van der Waals surface area contributed by atoms with Crippen LogP contribution in [0, 0.1) is 0 Å². The average Bonchev–Trinajstić information content (AvgIpc) is 2.65. The Bertz CT molecular complexity index is 1080. The first-order chi connectivity index (χ1) is 14.0. The maximum absolute atomic E-state index is 12.8. The molecule has 8 nitrogen and oxygen atoms in total. The van der Waals surface area contributed by atoms with Gasteiger partial charge in [-0.2, -0.15) is 13.2 Å². The van der Waals surface area contributed by atoms with Crippen molar-refractivity contribution < 1.29 is 32.2 Å². The monoisotopic (exact) mass is 468 g/mol. The Labute approximate surface area is 176 Å². The van der Waals surface area contributed by atoms with Crippen LogP contribution in [0.1, 0.15) is 5.69 Å². The second kappa shape index (κ2) is 9.26. The number of nitrogens with zero attached hydrogens (tertiary/aromatic N) is 1. The standard InChI is InChI=1S/C17H13Cl2F3N2O6/c1-28-8(3-15(26)29-2)7-30-12-5-11(9(18)4-10(12)19)24-14(25)6-13(17(20,21)22)23-16(24)27/h3-6H,7H2,1-2H3,(H,23,27)/b8-3+. The van der Waals surface area contributed by atoms with E-state index in [1.54, 1.807) is 4.98 Å². The van der Waals surface area contributed by atoms with Crippen molar-refractivity contribution in [3.05, 3.63) is 66.6 Å². The molecule has 2 aromatic rings. The van der Waals surface area contributed by atoms with E-state index in [4.69, 9.17) is 32.7 Å². The summed E-state index contributed by atoms with van der Waals surface area (Å²) >= 11 is 12.0. The summed E-state index contributed by atoms with van der Waals surface area (Å²) in [5, 5.41) is -0.231. The molecule has 0 atom stereocenters. The second-order valence-electron chi connectivity index (χ2n) is 5.52. The zero-order chi connectivity index (χ0) is 22.6. The van der Waals surface area contributed by atoms with Gasteiger partial charge in [0.2, 0.25) is 0 Å². The van der Waals surface area contributed by atoms with Crippen LogP contribution < -0.4 is 16.0 Å². The molecule has 162 valence electrons. The van der Waals surface area contributed by atoms with Crippen LogP contribution in [-0.2, 0) is 20.4 Å². The molecule has 0 amide bonds. The number of ether oxygens (including phenoxy) is 3. The Balaban J connectivity index is 2.48. The van der Waals surface area contributed by atoms with E-state index in [-0.39, 0.29) is 39.9 Å². The number of rotatable bonds is 6. The van der Waals surface area contributed by atoms with E-state index in [0.717, 1.165) is 25.3 Å². The van der Waals surface area contributed by atoms with Crippen LogP contribution in [0.5, 0.6) is 5.75 Å². The third-order valence-corrected chi connectivity index (χ3v) is 4.19. The van der Waals surface area contributed by atoms with Gasteiger partial charge in [0.05, 0.1) is 36.0 Å². The SMILES string of the molecule is COC(=O)/C=C(\COc1cc(-n2c(=O)cc(C(F)(F)F)[nH]c2=O)c(Cl)cc1Cl)OC. The number of halogens is 5. The Morgan fingerprint density at radius 3 is 2.33 bits per heavy atom. The van der Waals surface area contributed by atoms with Crippen LogP contribution in [0.3, 0.4) is 0 Å². The largest absolute Gasteiger partial charge is 0.497 e. The van der Waals surface area contributed by atoms with Gasteiger partial charge in [-0.25, -0.2) is 14.2 Å². The molecule has 30 heavy (non-hydrogen) atoms. The normalized spacial score (nSPS) is 11.9. The highest BCUT2D eigenvalue weighted by Gasteiger charge is 2.33. The molecule has 0 aliphatic heterocycles. The molecule has 2 rings (SSSR count). The number of hydrogen-bond acceptors (Lipinski definition) is 6. The van der Waals surface area contributed by atoms with Gasteiger partial charge in [0.25, 0.3) is 5.56 Å². The topological polar surface area (TPSA) is 99.6 Å². The molecule has 0 saturated heterocycles. The van der Waals surface area contributed by atoms with Crippen molar-refractivity contribution >= 4 is 29.2 Å². The van der Waals surface area contributed by atoms with Crippen LogP contribution >= 0.6 is 23.2 Å². The number of methoxy groups -OCH3 is 2. The highest BCUT2D eigenvalue weighted by atomic mass is 35.5. The van der Waals surface area contributed by atoms with E-state index in [1.165, 1.54) is 7.11 Å². The lowest BCUT2D eigenvalue weighted by atomic mass is 10.2. The predicted octanol–water partition coefficient (Wildman–Crippen LogP) is 2.93. The van der Waals surface area contributed by atoms with Gasteiger partial charge in [0, 0.05) is 12.1 Å². The Hall–Kier alpha value is -2.92. The molecule has 0 aliphatic carbocycles. The second-order valence-corrected chi connectivity index (χ2v) is 6.33. The van der Waals surface area contributed by atoms with E-state index in [2.05, 4.69) is 4.74 Å². The van der Waals surface area contributed by atoms with Crippen molar-refractivity contribution in [1.82, 2.24) is 9.55 Å². The quantitative estimate of drug-likeness (QED) is 0.397. The number of hydrogen-bond donors (Lipinski definition) is 1. The fourth-order valence-corrected chi connectivity index (χ4v) is 2.70. The summed E-state index contributed by atoms with van der Waals surface area (Å²) in [4.78, 5) is 37.1. The van der Waals surface area contributed by atoms with Gasteiger partial charge in [-0.3, -0.25) is 4.79 Å². The van der Waals surface area contributed by atoms with Crippen LogP contribution in [0.4, 0.5) is 13.2 Å². The van der Waals surface area contributed by atoms with E-state index in [0.29, 0.717) is 4.57 Å². The number of benzene rings is 1. The summed E-state index contributed by atoms with van der Waals surface area (Å²) < 4.78 is 53.5. The molecule has 0 saturated carbocycles. The Morgan fingerprint density at radius 2 is 1.80 bits per heavy atom. The first kappa shape index (κ1) is 23.4. The first-order valence-corrected chi connectivity index (χ1v) is 8.61. The van der Waals surface area contributed by atoms with Gasteiger partial charge in [-0.15, -0.1) is 0 Å². The number of aromatic amines is 1. The number of nitrogens with one attached hydrogen (secondary N) is 1. The average molecular weight is 469 g/mol. The summed E-state index contributed by atoms with van der Waals surface area (Å²) in [7, 11) is 2.43. The molecule has 1 heterocycles. The fourth-order valence-electron chi connectivity index (χ4n) is 2.18. The smallest absolute Gasteiger partial charge is 0.431 e. The van der Waals surface area contributed by atoms with Crippen molar-refractivity contribution in [3.8, 4) is 11.4 Å². The molecular formula is C17H13Cl2F3N2O6. The minimum Gasteiger partial charge on any atom is -0.497 e. The maximum Gasteiger partial charge on any atom is 0.431 e. The molecule has 0 fully saturated rings. The molecule has 13 heteroatoms. The highest BCUT2D eigenvalue weighted by Crippen LogP contribution is 2.33. The van der Waals surface area contributed by atoms with E-state index in [9.17, 15) is 27.6 Å². The summed E-state index contributed by atoms with van der Waals surface area (Å²) in [6.45, 7) is -0.301. The number of alkyl halides is 3. The number of aromatic nitrogens is 2. The molecular weight excluding hydrogens is 456 g/mol. The molecule has 1 N–H and O–H groups in total. The molecule has 0 radical (unpaired) electrons. The molecule has 0 unspecified atom stereocenters. The lowest BCUT2D eigenvalue weighted by molar-refractivity contribution is -0.141. The zero-order valence-corrected chi connectivity index (χ0v) is 16.8. The third-order valence-electron chi connectivity index (χ3n) is 3.59. The highest BCUT2D eigenvalue weighted by molar-refractivity contribution is 6.36. The molecule has 0 bridgehead atoms. The van der Waals surface area contributed by atoms with Crippen LogP contribution in [-0.4, -0.2) is 36.3 Å². The number of H-pyrrole nitrogens is 1. The van der Waals surface area contributed by atoms with Gasteiger partial charge in [0.15, 0.2) is 0 Å². The van der Waals surface area contributed by atoms with E-state index < -0.39 is 29.1 Å². The fraction of sp³-hybridized carbons (Fsp3) is 0.235. The molecule has 1 aromatic carbocycles. The number of carbonyl (C=O) groups excluding carboxylic acids is 1. The van der Waals surface area contributed by atoms with Gasteiger partial charge in [0.1, 0.15) is 23.8 Å². The zero-order valence-electron chi connectivity index (χ0n) is 15.3. The lowest BCUT2D eigenvalue weighted by Gasteiger charge is -2.14. The van der Waals surface area contributed by atoms with Crippen molar-refractivity contribution in [2.45, 2.75) is 6.18 Å². The van der Waals surface area contributed by atoms with Gasteiger partial charge in [-0.1, -0.05) is 23.2 Å². The van der Waals surface area contributed by atoms with E-state index >= 15 is 0 Å². The first-order valence-electron chi connectivity index (χ1n) is 7.86. The van der Waals surface area contributed by atoms with Crippen molar-refractivity contribution in [1.29, 1.82) is 0 Å². The van der Waals surface area contributed by atoms with Crippen molar-refractivity contribution in [2.75, 3.05) is 20.8 Å². The van der Waals surface area contributed by atoms with Gasteiger partial charge >= 0.3 is 17.8 Å². The Kier molecular flexibility index (Phi) is 7.21. The molecule has 0 aliphatic rings. The van der Waals surface area contributed by atoms with Crippen LogP contribution in [0.25, 0.3) is 5.69 Å². The predicted molar refractivity (Wildman–Crippen MR) is 100 cm³/mol. The van der Waals surface area contributed by atoms with Gasteiger partial charge in [-0.05, 0) is 6.07 Å². The summed E-state index contributed by atoms with van der Waals surface area (Å²) in [5.41, 5.74) is -4.42. The molecule has 0 spiro atoms. The lowest BCUT2D eigenvalue weighted by Crippen LogP contribution is -2.36. The van der Waals surface area contributed by atoms with Crippen molar-refractivity contribution in [3.63, 3.8) is 0 Å². The van der Waals surface area contributed by atoms with Gasteiger partial charge < -0.3 is 19.2 Å². The van der Waals surface area contributed by atoms with Crippen LogP contribution in [0.15, 0.2) is 39.6 Å². The minimum absolute atomic E-state index is 0.0336. The van der Waals surface area contributed by atoms with Crippen molar-refractivity contribution in [2.24, 2.45) is 0 Å². The summed E-state index contributed by atoms with van der Waals surface area (Å²) in [5.74, 6) is -0.741. The molecule has 1 aromatic heterocycles. The number of carbonyl (C=O) groups is 1. The number of esters is 1. The maximum atomic E-state index is 12.8.